The number of hydrogen-bond donors (Lipinski definition) is 0. The molecule has 0 aliphatic carbocycles. The van der Waals surface area contributed by atoms with Gasteiger partial charge in [0.15, 0.2) is 0 Å². The van der Waals surface area contributed by atoms with Gasteiger partial charge in [-0.1, -0.05) is 13.8 Å². The highest BCUT2D eigenvalue weighted by atomic mass is 16.2. The van der Waals surface area contributed by atoms with Crippen LogP contribution in [0, 0.1) is 6.92 Å². The van der Waals surface area contributed by atoms with Gasteiger partial charge in [0, 0.05) is 38.7 Å². The predicted octanol–water partition coefficient (Wildman–Crippen LogP) is 1.26. The Bertz CT molecular complexity index is 633. The molecule has 1 fully saturated rings. The maximum absolute atomic E-state index is 13.1. The van der Waals surface area contributed by atoms with Crippen LogP contribution in [0.5, 0.6) is 0 Å². The van der Waals surface area contributed by atoms with E-state index in [0.29, 0.717) is 19.4 Å². The molecule has 0 N–H and O–H groups in total. The maximum Gasteiger partial charge on any atom is 0.245 e. The standard InChI is InChI=1S/C18H29N5O2/c1-4-7-20-9-11-21(12-10-20)18(25)15(5-2)23-16-13-14(3)19-22(16)8-6-17(23)24/h13,15H,4-12H2,1-3H3. The summed E-state index contributed by atoms with van der Waals surface area (Å²) in [5.74, 6) is 0.857. The summed E-state index contributed by atoms with van der Waals surface area (Å²) in [6.45, 7) is 11.1. The second kappa shape index (κ2) is 7.56. The summed E-state index contributed by atoms with van der Waals surface area (Å²) >= 11 is 0. The fourth-order valence-electron chi connectivity index (χ4n) is 3.86. The summed E-state index contributed by atoms with van der Waals surface area (Å²) in [7, 11) is 0. The Morgan fingerprint density at radius 2 is 1.92 bits per heavy atom. The number of hydrogen-bond acceptors (Lipinski definition) is 4. The van der Waals surface area contributed by atoms with Gasteiger partial charge in [0.05, 0.1) is 12.2 Å². The molecule has 0 saturated carbocycles. The SMILES string of the molecule is CCCN1CCN(C(=O)C(CC)N2C(=O)CCn3nc(C)cc32)CC1. The fourth-order valence-corrected chi connectivity index (χ4v) is 3.86. The molecule has 138 valence electrons. The van der Waals surface area contributed by atoms with E-state index in [2.05, 4.69) is 16.9 Å². The second-order valence-corrected chi connectivity index (χ2v) is 6.97. The van der Waals surface area contributed by atoms with E-state index < -0.39 is 6.04 Å². The number of anilines is 1. The molecule has 0 spiro atoms. The van der Waals surface area contributed by atoms with Crippen LogP contribution >= 0.6 is 0 Å². The highest BCUT2D eigenvalue weighted by Gasteiger charge is 2.37. The van der Waals surface area contributed by atoms with Crippen molar-refractivity contribution in [2.75, 3.05) is 37.6 Å². The molecule has 7 heteroatoms. The molecule has 1 aromatic heterocycles. The van der Waals surface area contributed by atoms with Crippen molar-refractivity contribution in [2.45, 2.75) is 52.6 Å². The third-order valence-corrected chi connectivity index (χ3v) is 5.14. The van der Waals surface area contributed by atoms with Crippen molar-refractivity contribution < 1.29 is 9.59 Å². The van der Waals surface area contributed by atoms with Crippen LogP contribution in [-0.2, 0) is 16.1 Å². The quantitative estimate of drug-likeness (QED) is 0.805. The van der Waals surface area contributed by atoms with E-state index in [9.17, 15) is 9.59 Å². The predicted molar refractivity (Wildman–Crippen MR) is 96.5 cm³/mol. The molecule has 1 atom stereocenters. The summed E-state index contributed by atoms with van der Waals surface area (Å²) in [6, 6.07) is 1.48. The third kappa shape index (κ3) is 3.56. The highest BCUT2D eigenvalue weighted by molar-refractivity contribution is 6.01. The molecule has 2 amide bonds. The highest BCUT2D eigenvalue weighted by Crippen LogP contribution is 2.27. The Balaban J connectivity index is 1.76. The zero-order valence-electron chi connectivity index (χ0n) is 15.6. The number of rotatable bonds is 5. The lowest BCUT2D eigenvalue weighted by molar-refractivity contribution is -0.136. The average Bonchev–Trinajstić information content (AvgIpc) is 2.98. The van der Waals surface area contributed by atoms with E-state index in [1.807, 2.05) is 29.5 Å². The van der Waals surface area contributed by atoms with E-state index in [1.54, 1.807) is 4.90 Å². The van der Waals surface area contributed by atoms with Crippen molar-refractivity contribution in [1.82, 2.24) is 19.6 Å². The van der Waals surface area contributed by atoms with E-state index in [-0.39, 0.29) is 11.8 Å². The topological polar surface area (TPSA) is 61.7 Å². The number of fused-ring (bicyclic) bond motifs is 1. The number of nitrogens with zero attached hydrogens (tertiary/aromatic N) is 5. The molecule has 1 aromatic rings. The van der Waals surface area contributed by atoms with Crippen LogP contribution in [-0.4, -0.2) is 70.2 Å². The first-order valence-corrected chi connectivity index (χ1v) is 9.42. The van der Waals surface area contributed by atoms with Gasteiger partial charge in [-0.2, -0.15) is 5.10 Å². The minimum Gasteiger partial charge on any atom is -0.338 e. The van der Waals surface area contributed by atoms with Gasteiger partial charge in [0.1, 0.15) is 11.9 Å². The van der Waals surface area contributed by atoms with Gasteiger partial charge in [0.2, 0.25) is 11.8 Å². The molecule has 0 bridgehead atoms. The van der Waals surface area contributed by atoms with Crippen LogP contribution in [0.3, 0.4) is 0 Å². The Morgan fingerprint density at radius 1 is 1.20 bits per heavy atom. The van der Waals surface area contributed by atoms with Crippen molar-refractivity contribution in [3.8, 4) is 0 Å². The number of carbonyl (C=O) groups excluding carboxylic acids is 2. The van der Waals surface area contributed by atoms with Crippen LogP contribution in [0.15, 0.2) is 6.07 Å². The second-order valence-electron chi connectivity index (χ2n) is 6.97. The summed E-state index contributed by atoms with van der Waals surface area (Å²) in [5, 5.41) is 4.45. The zero-order valence-corrected chi connectivity index (χ0v) is 15.6. The maximum atomic E-state index is 13.1. The van der Waals surface area contributed by atoms with Gasteiger partial charge in [-0.05, 0) is 26.3 Å². The Kier molecular flexibility index (Phi) is 5.42. The first-order valence-electron chi connectivity index (χ1n) is 9.42. The summed E-state index contributed by atoms with van der Waals surface area (Å²) in [5.41, 5.74) is 0.880. The molecule has 2 aliphatic heterocycles. The van der Waals surface area contributed by atoms with Crippen LogP contribution < -0.4 is 4.90 Å². The lowest BCUT2D eigenvalue weighted by atomic mass is 10.1. The summed E-state index contributed by atoms with van der Waals surface area (Å²) in [4.78, 5) is 31.7. The largest absolute Gasteiger partial charge is 0.338 e. The van der Waals surface area contributed by atoms with E-state index in [1.165, 1.54) is 0 Å². The summed E-state index contributed by atoms with van der Waals surface area (Å²) in [6.07, 6.45) is 2.16. The van der Waals surface area contributed by atoms with E-state index in [0.717, 1.165) is 50.7 Å². The Morgan fingerprint density at radius 3 is 2.56 bits per heavy atom. The van der Waals surface area contributed by atoms with Crippen molar-refractivity contribution in [1.29, 1.82) is 0 Å². The zero-order chi connectivity index (χ0) is 18.0. The van der Waals surface area contributed by atoms with Crippen molar-refractivity contribution in [3.63, 3.8) is 0 Å². The van der Waals surface area contributed by atoms with Crippen LogP contribution in [0.4, 0.5) is 5.82 Å². The number of aromatic nitrogens is 2. The molecule has 3 rings (SSSR count). The first kappa shape index (κ1) is 17.9. The molecular formula is C18H29N5O2. The van der Waals surface area contributed by atoms with Gasteiger partial charge < -0.3 is 4.90 Å². The minimum absolute atomic E-state index is 0.0252. The van der Waals surface area contributed by atoms with Crippen molar-refractivity contribution >= 4 is 17.6 Å². The van der Waals surface area contributed by atoms with Crippen LogP contribution in [0.1, 0.15) is 38.8 Å². The molecule has 7 nitrogen and oxygen atoms in total. The van der Waals surface area contributed by atoms with Crippen LogP contribution in [0.25, 0.3) is 0 Å². The fraction of sp³-hybridized carbons (Fsp3) is 0.722. The molecular weight excluding hydrogens is 318 g/mol. The number of carbonyl (C=O) groups is 2. The molecule has 0 aromatic carbocycles. The molecule has 3 heterocycles. The minimum atomic E-state index is -0.430. The van der Waals surface area contributed by atoms with Crippen molar-refractivity contribution in [2.24, 2.45) is 0 Å². The lowest BCUT2D eigenvalue weighted by Gasteiger charge is -2.39. The molecule has 25 heavy (non-hydrogen) atoms. The van der Waals surface area contributed by atoms with Gasteiger partial charge in [0.25, 0.3) is 0 Å². The van der Waals surface area contributed by atoms with Gasteiger partial charge >= 0.3 is 0 Å². The molecule has 1 unspecified atom stereocenters. The van der Waals surface area contributed by atoms with E-state index >= 15 is 0 Å². The third-order valence-electron chi connectivity index (χ3n) is 5.14. The lowest BCUT2D eigenvalue weighted by Crippen LogP contribution is -2.57. The Hall–Kier alpha value is -1.89. The van der Waals surface area contributed by atoms with Gasteiger partial charge in [-0.25, -0.2) is 4.68 Å². The van der Waals surface area contributed by atoms with Gasteiger partial charge in [-0.15, -0.1) is 0 Å². The average molecular weight is 347 g/mol. The number of piperazine rings is 1. The number of amides is 2. The summed E-state index contributed by atoms with van der Waals surface area (Å²) < 4.78 is 1.85. The van der Waals surface area contributed by atoms with E-state index in [4.69, 9.17) is 0 Å². The smallest absolute Gasteiger partial charge is 0.245 e. The molecule has 2 aliphatic rings. The molecule has 1 saturated heterocycles. The first-order chi connectivity index (χ1) is 12.0. The molecule has 0 radical (unpaired) electrons. The monoisotopic (exact) mass is 347 g/mol. The van der Waals surface area contributed by atoms with Crippen LogP contribution in [0.2, 0.25) is 0 Å². The number of aryl methyl sites for hydroxylation is 2. The Labute approximate surface area is 149 Å². The van der Waals surface area contributed by atoms with Crippen molar-refractivity contribution in [3.05, 3.63) is 11.8 Å². The van der Waals surface area contributed by atoms with Gasteiger partial charge in [-0.3, -0.25) is 19.4 Å². The normalized spacial score (nSPS) is 19.9.